The van der Waals surface area contributed by atoms with Gasteiger partial charge in [0, 0.05) is 6.07 Å². The Morgan fingerprint density at radius 1 is 1.11 bits per heavy atom. The minimum absolute atomic E-state index is 0.0206. The van der Waals surface area contributed by atoms with E-state index in [2.05, 4.69) is 6.58 Å². The highest BCUT2D eigenvalue weighted by molar-refractivity contribution is 6.30. The summed E-state index contributed by atoms with van der Waals surface area (Å²) in [5.74, 6) is 2.04. The minimum atomic E-state index is -0.504. The van der Waals surface area contributed by atoms with E-state index >= 15 is 0 Å². The number of esters is 1. The zero-order valence-electron chi connectivity index (χ0n) is 16.0. The lowest BCUT2D eigenvalue weighted by Crippen LogP contribution is -2.30. The molecule has 0 aliphatic heterocycles. The van der Waals surface area contributed by atoms with E-state index in [0.717, 1.165) is 49.9 Å². The predicted molar refractivity (Wildman–Crippen MR) is 107 cm³/mol. The zero-order chi connectivity index (χ0) is 19.2. The maximum absolute atomic E-state index is 13.2. The van der Waals surface area contributed by atoms with Gasteiger partial charge in [0.15, 0.2) is 0 Å². The topological polar surface area (TPSA) is 26.3 Å². The van der Waals surface area contributed by atoms with Crippen LogP contribution < -0.4 is 4.74 Å². The van der Waals surface area contributed by atoms with Gasteiger partial charge in [0.1, 0.15) is 11.6 Å². The Kier molecular flexibility index (Phi) is 7.34. The summed E-state index contributed by atoms with van der Waals surface area (Å²) in [7, 11) is 0. The summed E-state index contributed by atoms with van der Waals surface area (Å²) in [5.41, 5.74) is 0. The van der Waals surface area contributed by atoms with Crippen molar-refractivity contribution in [2.24, 2.45) is 23.7 Å². The molecule has 2 saturated carbocycles. The van der Waals surface area contributed by atoms with Crippen molar-refractivity contribution in [2.45, 2.75) is 64.2 Å². The van der Waals surface area contributed by atoms with Gasteiger partial charge in [-0.15, -0.1) is 6.58 Å². The number of ether oxygens (including phenoxy) is 1. The van der Waals surface area contributed by atoms with E-state index in [0.29, 0.717) is 5.75 Å². The number of carbonyl (C=O) groups excluding carboxylic acids is 1. The molecule has 1 aromatic rings. The molecule has 2 nitrogen and oxygen atoms in total. The van der Waals surface area contributed by atoms with Gasteiger partial charge in [0.25, 0.3) is 0 Å². The van der Waals surface area contributed by atoms with Crippen molar-refractivity contribution < 1.29 is 13.9 Å². The summed E-state index contributed by atoms with van der Waals surface area (Å²) in [4.78, 5) is 12.4. The average Bonchev–Trinajstić information content (AvgIpc) is 2.70. The van der Waals surface area contributed by atoms with Gasteiger partial charge in [-0.05, 0) is 81.3 Å². The maximum Gasteiger partial charge on any atom is 0.314 e. The van der Waals surface area contributed by atoms with Gasteiger partial charge in [-0.1, -0.05) is 30.5 Å². The van der Waals surface area contributed by atoms with Crippen molar-refractivity contribution >= 4 is 17.6 Å². The van der Waals surface area contributed by atoms with Crippen LogP contribution in [0, 0.1) is 29.5 Å². The van der Waals surface area contributed by atoms with Gasteiger partial charge in [0.2, 0.25) is 0 Å². The molecule has 2 aliphatic rings. The third kappa shape index (κ3) is 5.57. The van der Waals surface area contributed by atoms with Gasteiger partial charge in [-0.3, -0.25) is 4.79 Å². The van der Waals surface area contributed by atoms with Crippen LogP contribution in [0.25, 0.3) is 0 Å². The molecule has 27 heavy (non-hydrogen) atoms. The lowest BCUT2D eigenvalue weighted by molar-refractivity contribution is -0.140. The van der Waals surface area contributed by atoms with E-state index in [1.54, 1.807) is 0 Å². The highest BCUT2D eigenvalue weighted by atomic mass is 35.5. The molecular weight excluding hydrogens is 363 g/mol. The molecule has 4 heteroatoms. The second-order valence-electron chi connectivity index (χ2n) is 8.26. The Morgan fingerprint density at radius 2 is 1.74 bits per heavy atom. The quantitative estimate of drug-likeness (QED) is 0.297. The molecule has 0 saturated heterocycles. The fourth-order valence-corrected chi connectivity index (χ4v) is 5.04. The van der Waals surface area contributed by atoms with E-state index in [4.69, 9.17) is 16.3 Å². The average molecular weight is 393 g/mol. The molecule has 2 fully saturated rings. The van der Waals surface area contributed by atoms with E-state index in [9.17, 15) is 9.18 Å². The molecule has 0 radical (unpaired) electrons. The Labute approximate surface area is 167 Å². The molecule has 0 aromatic heterocycles. The number of hydrogen-bond acceptors (Lipinski definition) is 2. The van der Waals surface area contributed by atoms with Crippen molar-refractivity contribution in [1.82, 2.24) is 0 Å². The molecule has 0 bridgehead atoms. The second-order valence-corrected chi connectivity index (χ2v) is 8.66. The molecule has 0 unspecified atom stereocenters. The first-order valence-corrected chi connectivity index (χ1v) is 10.7. The molecule has 0 heterocycles. The van der Waals surface area contributed by atoms with Gasteiger partial charge in [-0.25, -0.2) is 4.39 Å². The third-order valence-corrected chi connectivity index (χ3v) is 6.84. The first kappa shape index (κ1) is 20.4. The van der Waals surface area contributed by atoms with E-state index < -0.39 is 5.82 Å². The molecule has 0 amide bonds. The number of hydrogen-bond donors (Lipinski definition) is 0. The SMILES string of the molecule is C=CCCC1CCC(C2CCC(C(=O)Oc3ccc(F)c(Cl)c3)CC2)CC1. The largest absolute Gasteiger partial charge is 0.426 e. The summed E-state index contributed by atoms with van der Waals surface area (Å²) in [6.07, 6.45) is 13.9. The van der Waals surface area contributed by atoms with E-state index in [1.807, 2.05) is 6.08 Å². The smallest absolute Gasteiger partial charge is 0.314 e. The molecule has 3 rings (SSSR count). The highest BCUT2D eigenvalue weighted by Gasteiger charge is 2.33. The summed E-state index contributed by atoms with van der Waals surface area (Å²) >= 11 is 5.76. The van der Waals surface area contributed by atoms with Gasteiger partial charge in [0.05, 0.1) is 10.9 Å². The predicted octanol–water partition coefficient (Wildman–Crippen LogP) is 6.96. The lowest BCUT2D eigenvalue weighted by Gasteiger charge is -2.37. The summed E-state index contributed by atoms with van der Waals surface area (Å²) in [5, 5.41) is -0.0206. The van der Waals surface area contributed by atoms with Gasteiger partial charge >= 0.3 is 5.97 Å². The standard InChI is InChI=1S/C23H30ClFO2/c1-2-3-4-16-5-7-17(8-6-16)18-9-11-19(12-10-18)23(26)27-20-13-14-22(25)21(24)15-20/h2,13-19H,1,3-12H2. The van der Waals surface area contributed by atoms with Crippen molar-refractivity contribution in [3.8, 4) is 5.75 Å². The maximum atomic E-state index is 13.2. The lowest BCUT2D eigenvalue weighted by atomic mass is 9.69. The molecule has 0 N–H and O–H groups in total. The molecule has 2 aliphatic carbocycles. The summed E-state index contributed by atoms with van der Waals surface area (Å²) < 4.78 is 18.6. The van der Waals surface area contributed by atoms with Crippen molar-refractivity contribution in [1.29, 1.82) is 0 Å². The molecular formula is C23H30ClFO2. The number of halogens is 2. The monoisotopic (exact) mass is 392 g/mol. The van der Waals surface area contributed by atoms with Crippen molar-refractivity contribution in [3.63, 3.8) is 0 Å². The highest BCUT2D eigenvalue weighted by Crippen LogP contribution is 2.42. The van der Waals surface area contributed by atoms with Crippen LogP contribution in [-0.2, 0) is 4.79 Å². The Bertz CT molecular complexity index is 644. The third-order valence-electron chi connectivity index (χ3n) is 6.55. The number of rotatable bonds is 6. The first-order chi connectivity index (χ1) is 13.1. The van der Waals surface area contributed by atoms with Crippen molar-refractivity contribution in [3.05, 3.63) is 41.7 Å². The van der Waals surface area contributed by atoms with Crippen molar-refractivity contribution in [2.75, 3.05) is 0 Å². The number of benzene rings is 1. The minimum Gasteiger partial charge on any atom is -0.426 e. The van der Waals surface area contributed by atoms with Crippen LogP contribution in [-0.4, -0.2) is 5.97 Å². The zero-order valence-corrected chi connectivity index (χ0v) is 16.7. The fraction of sp³-hybridized carbons (Fsp3) is 0.609. The summed E-state index contributed by atoms with van der Waals surface area (Å²) in [6.45, 7) is 3.83. The van der Waals surface area contributed by atoms with Crippen LogP contribution in [0.5, 0.6) is 5.75 Å². The van der Waals surface area contributed by atoms with Crippen LogP contribution in [0.15, 0.2) is 30.9 Å². The van der Waals surface area contributed by atoms with Crippen LogP contribution in [0.2, 0.25) is 5.02 Å². The Hall–Kier alpha value is -1.35. The number of allylic oxidation sites excluding steroid dienone is 1. The Balaban J connectivity index is 1.42. The molecule has 0 atom stereocenters. The van der Waals surface area contributed by atoms with Crippen LogP contribution >= 0.6 is 11.6 Å². The normalized spacial score (nSPS) is 28.5. The Morgan fingerprint density at radius 3 is 2.33 bits per heavy atom. The first-order valence-electron chi connectivity index (χ1n) is 10.3. The van der Waals surface area contributed by atoms with Crippen LogP contribution in [0.3, 0.4) is 0 Å². The second kappa shape index (κ2) is 9.73. The van der Waals surface area contributed by atoms with Gasteiger partial charge < -0.3 is 4.74 Å². The fourth-order valence-electron chi connectivity index (χ4n) is 4.87. The van der Waals surface area contributed by atoms with Crippen LogP contribution in [0.4, 0.5) is 4.39 Å². The molecule has 148 valence electrons. The van der Waals surface area contributed by atoms with E-state index in [-0.39, 0.29) is 16.9 Å². The van der Waals surface area contributed by atoms with Crippen LogP contribution in [0.1, 0.15) is 64.2 Å². The summed E-state index contributed by atoms with van der Waals surface area (Å²) in [6, 6.07) is 4.05. The molecule has 1 aromatic carbocycles. The van der Waals surface area contributed by atoms with Gasteiger partial charge in [-0.2, -0.15) is 0 Å². The number of carbonyl (C=O) groups is 1. The van der Waals surface area contributed by atoms with E-state index in [1.165, 1.54) is 50.3 Å². The molecule has 0 spiro atoms.